The molecule has 1 aliphatic rings. The van der Waals surface area contributed by atoms with Crippen LogP contribution in [0.4, 0.5) is 0 Å². The molecule has 102 valence electrons. The molecular formula is C12H13N7O. The summed E-state index contributed by atoms with van der Waals surface area (Å²) in [5, 5.41) is 8.44. The van der Waals surface area contributed by atoms with Crippen molar-refractivity contribution in [3.8, 4) is 5.82 Å². The van der Waals surface area contributed by atoms with E-state index in [1.165, 1.54) is 12.7 Å². The van der Waals surface area contributed by atoms with E-state index in [-0.39, 0.29) is 5.92 Å². The molecule has 0 amide bonds. The number of ether oxygens (including phenoxy) is 1. The van der Waals surface area contributed by atoms with Crippen molar-refractivity contribution in [1.82, 2.24) is 34.3 Å². The third kappa shape index (κ3) is 1.61. The van der Waals surface area contributed by atoms with Gasteiger partial charge in [0, 0.05) is 12.5 Å². The zero-order valence-electron chi connectivity index (χ0n) is 11.0. The van der Waals surface area contributed by atoms with E-state index >= 15 is 0 Å². The predicted molar refractivity (Wildman–Crippen MR) is 68.6 cm³/mol. The summed E-state index contributed by atoms with van der Waals surface area (Å²) in [4.78, 5) is 13.0. The van der Waals surface area contributed by atoms with Crippen LogP contribution in [-0.2, 0) is 4.74 Å². The summed E-state index contributed by atoms with van der Waals surface area (Å²) in [5.74, 6) is 1.82. The average molecular weight is 271 g/mol. The van der Waals surface area contributed by atoms with Crippen LogP contribution in [0.3, 0.4) is 0 Å². The van der Waals surface area contributed by atoms with Crippen LogP contribution < -0.4 is 0 Å². The van der Waals surface area contributed by atoms with Crippen LogP contribution in [0.25, 0.3) is 11.3 Å². The van der Waals surface area contributed by atoms with Crippen LogP contribution >= 0.6 is 0 Å². The lowest BCUT2D eigenvalue weighted by atomic mass is 10.0. The second-order valence-electron chi connectivity index (χ2n) is 4.79. The van der Waals surface area contributed by atoms with Crippen molar-refractivity contribution in [2.45, 2.75) is 19.3 Å². The summed E-state index contributed by atoms with van der Waals surface area (Å²) in [6, 6.07) is 0. The predicted octanol–water partition coefficient (Wildman–Crippen LogP) is 0.517. The highest BCUT2D eigenvalue weighted by atomic mass is 16.5. The third-order valence-corrected chi connectivity index (χ3v) is 3.55. The Labute approximate surface area is 114 Å². The van der Waals surface area contributed by atoms with Crippen LogP contribution in [0.2, 0.25) is 0 Å². The van der Waals surface area contributed by atoms with Gasteiger partial charge in [-0.15, -0.1) is 0 Å². The first-order chi connectivity index (χ1) is 9.84. The van der Waals surface area contributed by atoms with Gasteiger partial charge in [-0.05, 0) is 13.3 Å². The fourth-order valence-corrected chi connectivity index (χ4v) is 2.61. The molecule has 8 nitrogen and oxygen atoms in total. The molecule has 1 fully saturated rings. The Morgan fingerprint density at radius 1 is 1.30 bits per heavy atom. The van der Waals surface area contributed by atoms with E-state index in [9.17, 15) is 0 Å². The number of aromatic nitrogens is 7. The minimum absolute atomic E-state index is 0.284. The number of aryl methyl sites for hydroxylation is 1. The zero-order chi connectivity index (χ0) is 13.5. The topological polar surface area (TPSA) is 83.0 Å². The Balaban J connectivity index is 2.00. The molecule has 3 aromatic rings. The van der Waals surface area contributed by atoms with Crippen LogP contribution in [0.1, 0.15) is 23.9 Å². The van der Waals surface area contributed by atoms with Gasteiger partial charge < -0.3 is 4.74 Å². The van der Waals surface area contributed by atoms with Crippen molar-refractivity contribution in [3.63, 3.8) is 0 Å². The molecule has 0 bridgehead atoms. The minimum atomic E-state index is 0.284. The summed E-state index contributed by atoms with van der Waals surface area (Å²) < 4.78 is 8.92. The number of fused-ring (bicyclic) bond motifs is 1. The monoisotopic (exact) mass is 271 g/mol. The van der Waals surface area contributed by atoms with E-state index in [0.717, 1.165) is 30.1 Å². The van der Waals surface area contributed by atoms with E-state index in [4.69, 9.17) is 4.74 Å². The van der Waals surface area contributed by atoms with Crippen LogP contribution in [0, 0.1) is 6.92 Å². The highest BCUT2D eigenvalue weighted by Gasteiger charge is 2.26. The largest absolute Gasteiger partial charge is 0.381 e. The zero-order valence-corrected chi connectivity index (χ0v) is 11.0. The van der Waals surface area contributed by atoms with E-state index in [2.05, 4.69) is 25.1 Å². The summed E-state index contributed by atoms with van der Waals surface area (Å²) in [6.07, 6.45) is 5.59. The molecule has 0 aromatic carbocycles. The number of hydrogen-bond donors (Lipinski definition) is 0. The van der Waals surface area contributed by atoms with Crippen molar-refractivity contribution in [1.29, 1.82) is 0 Å². The number of hydrogen-bond acceptors (Lipinski definition) is 6. The van der Waals surface area contributed by atoms with Crippen LogP contribution in [-0.4, -0.2) is 47.6 Å². The molecule has 1 atom stereocenters. The maximum absolute atomic E-state index is 5.48. The van der Waals surface area contributed by atoms with Gasteiger partial charge in [0.05, 0.1) is 12.3 Å². The lowest BCUT2D eigenvalue weighted by Gasteiger charge is -2.07. The molecule has 20 heavy (non-hydrogen) atoms. The average Bonchev–Trinajstić information content (AvgIpc) is 3.19. The summed E-state index contributed by atoms with van der Waals surface area (Å²) in [5.41, 5.74) is 1.86. The highest BCUT2D eigenvalue weighted by molar-refractivity contribution is 5.65. The van der Waals surface area contributed by atoms with Crippen molar-refractivity contribution in [2.75, 3.05) is 13.2 Å². The lowest BCUT2D eigenvalue weighted by molar-refractivity contribution is 0.193. The molecule has 0 saturated carbocycles. The molecular weight excluding hydrogens is 258 g/mol. The fraction of sp³-hybridized carbons (Fsp3) is 0.417. The standard InChI is InChI=1S/C12H13N7O/c1-8-17-10(9-2-3-20-4-9)11-12(14-6-16-19(8)11)18-7-13-5-15-18/h5-7,9H,2-4H2,1H3/t9-/m1/s1. The molecule has 0 aliphatic carbocycles. The summed E-state index contributed by atoms with van der Waals surface area (Å²) >= 11 is 0. The Morgan fingerprint density at radius 2 is 2.25 bits per heavy atom. The summed E-state index contributed by atoms with van der Waals surface area (Å²) in [7, 11) is 0. The van der Waals surface area contributed by atoms with Crippen molar-refractivity contribution < 1.29 is 4.74 Å². The first-order valence-corrected chi connectivity index (χ1v) is 6.47. The first kappa shape index (κ1) is 11.5. The van der Waals surface area contributed by atoms with Gasteiger partial charge in [-0.25, -0.2) is 24.1 Å². The molecule has 0 N–H and O–H groups in total. The van der Waals surface area contributed by atoms with Crippen molar-refractivity contribution in [3.05, 3.63) is 30.5 Å². The SMILES string of the molecule is Cc1nc([C@@H]2CCOC2)c2c(-n3cncn3)ncnn12. The molecule has 1 saturated heterocycles. The first-order valence-electron chi connectivity index (χ1n) is 6.47. The number of rotatable bonds is 2. The molecule has 0 spiro atoms. The Hall–Kier alpha value is -2.35. The van der Waals surface area contributed by atoms with Gasteiger partial charge in [-0.2, -0.15) is 10.2 Å². The molecule has 0 unspecified atom stereocenters. The smallest absolute Gasteiger partial charge is 0.184 e. The number of imidazole rings is 1. The van der Waals surface area contributed by atoms with Crippen LogP contribution in [0.15, 0.2) is 19.0 Å². The van der Waals surface area contributed by atoms with E-state index < -0.39 is 0 Å². The van der Waals surface area contributed by atoms with E-state index in [0.29, 0.717) is 12.4 Å². The molecule has 4 rings (SSSR count). The molecule has 0 radical (unpaired) electrons. The second-order valence-corrected chi connectivity index (χ2v) is 4.79. The van der Waals surface area contributed by atoms with Crippen molar-refractivity contribution in [2.24, 2.45) is 0 Å². The van der Waals surface area contributed by atoms with Crippen molar-refractivity contribution >= 4 is 5.52 Å². The van der Waals surface area contributed by atoms with Gasteiger partial charge in [0.1, 0.15) is 30.3 Å². The highest BCUT2D eigenvalue weighted by Crippen LogP contribution is 2.30. The number of nitrogens with zero attached hydrogens (tertiary/aromatic N) is 7. The molecule has 8 heteroatoms. The lowest BCUT2D eigenvalue weighted by Crippen LogP contribution is -2.07. The molecule has 4 heterocycles. The fourth-order valence-electron chi connectivity index (χ4n) is 2.61. The van der Waals surface area contributed by atoms with Crippen LogP contribution in [0.5, 0.6) is 0 Å². The Morgan fingerprint density at radius 3 is 3.00 bits per heavy atom. The van der Waals surface area contributed by atoms with Gasteiger partial charge >= 0.3 is 0 Å². The molecule has 3 aromatic heterocycles. The molecule has 1 aliphatic heterocycles. The van der Waals surface area contributed by atoms with Gasteiger partial charge in [0.25, 0.3) is 0 Å². The van der Waals surface area contributed by atoms with Gasteiger partial charge in [0.2, 0.25) is 0 Å². The minimum Gasteiger partial charge on any atom is -0.381 e. The van der Waals surface area contributed by atoms with E-state index in [1.807, 2.05) is 6.92 Å². The van der Waals surface area contributed by atoms with E-state index in [1.54, 1.807) is 15.5 Å². The quantitative estimate of drug-likeness (QED) is 0.675. The van der Waals surface area contributed by atoms with Gasteiger partial charge in [-0.3, -0.25) is 0 Å². The van der Waals surface area contributed by atoms with Gasteiger partial charge in [-0.1, -0.05) is 0 Å². The maximum atomic E-state index is 5.48. The Kier molecular flexibility index (Phi) is 2.49. The summed E-state index contributed by atoms with van der Waals surface area (Å²) in [6.45, 7) is 3.40. The maximum Gasteiger partial charge on any atom is 0.184 e. The third-order valence-electron chi connectivity index (χ3n) is 3.55. The van der Waals surface area contributed by atoms with Gasteiger partial charge in [0.15, 0.2) is 5.82 Å². The normalized spacial score (nSPS) is 18.9. The second kappa shape index (κ2) is 4.34. The Bertz CT molecular complexity index is 743.